The van der Waals surface area contributed by atoms with Gasteiger partial charge in [-0.25, -0.2) is 0 Å². The van der Waals surface area contributed by atoms with Crippen LogP contribution in [0, 0.1) is 6.92 Å². The Bertz CT molecular complexity index is 298. The van der Waals surface area contributed by atoms with Crippen molar-refractivity contribution in [1.82, 2.24) is 0 Å². The molecule has 0 saturated carbocycles. The van der Waals surface area contributed by atoms with Crippen LogP contribution in [0.5, 0.6) is 0 Å². The molecule has 0 aromatic heterocycles. The Kier molecular flexibility index (Phi) is 4.79. The maximum absolute atomic E-state index is 10.0. The average Bonchev–Trinajstić information content (AvgIpc) is 2.22. The molecule has 2 unspecified atom stereocenters. The molecule has 0 radical (unpaired) electrons. The van der Waals surface area contributed by atoms with Crippen molar-refractivity contribution >= 4 is 0 Å². The summed E-state index contributed by atoms with van der Waals surface area (Å²) in [6.45, 7) is 4.65. The fourth-order valence-electron chi connectivity index (χ4n) is 1.99. The third-order valence-electron chi connectivity index (χ3n) is 2.89. The summed E-state index contributed by atoms with van der Waals surface area (Å²) in [4.78, 5) is 0. The molecule has 0 fully saturated rings. The van der Waals surface area contributed by atoms with Gasteiger partial charge in [0.25, 0.3) is 0 Å². The number of rotatable bonds is 5. The van der Waals surface area contributed by atoms with E-state index in [1.165, 1.54) is 11.1 Å². The van der Waals surface area contributed by atoms with Crippen LogP contribution < -0.4 is 5.73 Å². The van der Waals surface area contributed by atoms with Gasteiger partial charge in [0.1, 0.15) is 0 Å². The molecule has 84 valence electrons. The number of aliphatic hydroxyl groups excluding tert-OH is 1. The van der Waals surface area contributed by atoms with Gasteiger partial charge in [-0.2, -0.15) is 0 Å². The molecule has 2 nitrogen and oxygen atoms in total. The van der Waals surface area contributed by atoms with Gasteiger partial charge in [-0.1, -0.05) is 37.6 Å². The van der Waals surface area contributed by atoms with E-state index in [9.17, 15) is 5.11 Å². The minimum atomic E-state index is -0.318. The summed E-state index contributed by atoms with van der Waals surface area (Å²) < 4.78 is 0. The summed E-state index contributed by atoms with van der Waals surface area (Å²) >= 11 is 0. The smallest absolute Gasteiger partial charge is 0.0620 e. The van der Waals surface area contributed by atoms with Crippen LogP contribution in [0.4, 0.5) is 0 Å². The summed E-state index contributed by atoms with van der Waals surface area (Å²) in [5.74, 6) is 0.0751. The Labute approximate surface area is 92.1 Å². The van der Waals surface area contributed by atoms with E-state index in [4.69, 9.17) is 5.73 Å². The zero-order valence-corrected chi connectivity index (χ0v) is 9.61. The summed E-state index contributed by atoms with van der Waals surface area (Å²) in [6.07, 6.45) is 1.49. The van der Waals surface area contributed by atoms with Gasteiger partial charge in [-0.15, -0.1) is 0 Å². The lowest BCUT2D eigenvalue weighted by Crippen LogP contribution is -2.26. The molecule has 0 aliphatic carbocycles. The molecule has 1 aromatic carbocycles. The third-order valence-corrected chi connectivity index (χ3v) is 2.89. The van der Waals surface area contributed by atoms with Gasteiger partial charge >= 0.3 is 0 Å². The SMILES string of the molecule is CCCC(O)C(CN)c1ccccc1C. The molecule has 0 aliphatic rings. The van der Waals surface area contributed by atoms with E-state index >= 15 is 0 Å². The second-order valence-electron chi connectivity index (χ2n) is 4.05. The van der Waals surface area contributed by atoms with Gasteiger partial charge in [-0.05, 0) is 24.5 Å². The number of hydrogen-bond donors (Lipinski definition) is 2. The summed E-state index contributed by atoms with van der Waals surface area (Å²) in [5, 5.41) is 10.0. The minimum absolute atomic E-state index is 0.0751. The van der Waals surface area contributed by atoms with Crippen molar-refractivity contribution in [3.05, 3.63) is 35.4 Å². The predicted octanol–water partition coefficient (Wildman–Crippen LogP) is 2.20. The number of aryl methyl sites for hydroxylation is 1. The van der Waals surface area contributed by atoms with Crippen molar-refractivity contribution in [1.29, 1.82) is 0 Å². The van der Waals surface area contributed by atoms with Gasteiger partial charge in [0, 0.05) is 12.5 Å². The van der Waals surface area contributed by atoms with Crippen LogP contribution in [0.15, 0.2) is 24.3 Å². The van der Waals surface area contributed by atoms with Crippen LogP contribution in [0.1, 0.15) is 36.8 Å². The molecule has 3 N–H and O–H groups in total. The third kappa shape index (κ3) is 3.05. The van der Waals surface area contributed by atoms with E-state index in [0.29, 0.717) is 6.54 Å². The molecular weight excluding hydrogens is 186 g/mol. The van der Waals surface area contributed by atoms with Crippen molar-refractivity contribution in [2.24, 2.45) is 5.73 Å². The maximum Gasteiger partial charge on any atom is 0.0620 e. The second-order valence-corrected chi connectivity index (χ2v) is 4.05. The van der Waals surface area contributed by atoms with E-state index in [1.807, 2.05) is 12.1 Å². The fraction of sp³-hybridized carbons (Fsp3) is 0.538. The van der Waals surface area contributed by atoms with E-state index in [2.05, 4.69) is 26.0 Å². The zero-order chi connectivity index (χ0) is 11.3. The topological polar surface area (TPSA) is 46.2 Å². The number of aliphatic hydroxyl groups is 1. The van der Waals surface area contributed by atoms with Gasteiger partial charge in [-0.3, -0.25) is 0 Å². The predicted molar refractivity (Wildman–Crippen MR) is 63.9 cm³/mol. The highest BCUT2D eigenvalue weighted by Gasteiger charge is 2.19. The van der Waals surface area contributed by atoms with Crippen LogP contribution in [0.2, 0.25) is 0 Å². The fourth-order valence-corrected chi connectivity index (χ4v) is 1.99. The van der Waals surface area contributed by atoms with Crippen LogP contribution in [-0.2, 0) is 0 Å². The Morgan fingerprint density at radius 3 is 2.53 bits per heavy atom. The highest BCUT2D eigenvalue weighted by Crippen LogP contribution is 2.24. The molecule has 1 rings (SSSR count). The maximum atomic E-state index is 10.0. The van der Waals surface area contributed by atoms with Crippen molar-refractivity contribution in [2.45, 2.75) is 38.7 Å². The number of benzene rings is 1. The summed E-state index contributed by atoms with van der Waals surface area (Å²) in [7, 11) is 0. The Morgan fingerprint density at radius 1 is 1.33 bits per heavy atom. The molecular formula is C13H21NO. The monoisotopic (exact) mass is 207 g/mol. The number of nitrogens with two attached hydrogens (primary N) is 1. The lowest BCUT2D eigenvalue weighted by molar-refractivity contribution is 0.134. The average molecular weight is 207 g/mol. The largest absolute Gasteiger partial charge is 0.392 e. The quantitative estimate of drug-likeness (QED) is 0.777. The van der Waals surface area contributed by atoms with Gasteiger partial charge in [0.15, 0.2) is 0 Å². The zero-order valence-electron chi connectivity index (χ0n) is 9.61. The molecule has 15 heavy (non-hydrogen) atoms. The Morgan fingerprint density at radius 2 is 2.00 bits per heavy atom. The lowest BCUT2D eigenvalue weighted by Gasteiger charge is -2.23. The van der Waals surface area contributed by atoms with Crippen molar-refractivity contribution in [3.63, 3.8) is 0 Å². The van der Waals surface area contributed by atoms with Crippen LogP contribution in [-0.4, -0.2) is 17.8 Å². The Hall–Kier alpha value is -0.860. The van der Waals surface area contributed by atoms with Gasteiger partial charge in [0.05, 0.1) is 6.10 Å². The van der Waals surface area contributed by atoms with Crippen LogP contribution in [0.25, 0.3) is 0 Å². The van der Waals surface area contributed by atoms with E-state index in [-0.39, 0.29) is 12.0 Å². The Balaban J connectivity index is 2.87. The first-order valence-electron chi connectivity index (χ1n) is 5.64. The summed E-state index contributed by atoms with van der Waals surface area (Å²) in [6, 6.07) is 8.14. The van der Waals surface area contributed by atoms with Crippen LogP contribution in [0.3, 0.4) is 0 Å². The highest BCUT2D eigenvalue weighted by atomic mass is 16.3. The summed E-state index contributed by atoms with van der Waals surface area (Å²) in [5.41, 5.74) is 8.14. The molecule has 2 heteroatoms. The highest BCUT2D eigenvalue weighted by molar-refractivity contribution is 5.30. The van der Waals surface area contributed by atoms with E-state index in [0.717, 1.165) is 12.8 Å². The minimum Gasteiger partial charge on any atom is -0.392 e. The number of hydrogen-bond acceptors (Lipinski definition) is 2. The molecule has 0 bridgehead atoms. The van der Waals surface area contributed by atoms with Crippen molar-refractivity contribution in [3.8, 4) is 0 Å². The van der Waals surface area contributed by atoms with Crippen molar-refractivity contribution < 1.29 is 5.11 Å². The normalized spacial score (nSPS) is 14.9. The van der Waals surface area contributed by atoms with Crippen LogP contribution >= 0.6 is 0 Å². The first-order valence-corrected chi connectivity index (χ1v) is 5.64. The van der Waals surface area contributed by atoms with Gasteiger partial charge in [0.2, 0.25) is 0 Å². The standard InChI is InChI=1S/C13H21NO/c1-3-6-13(15)12(9-14)11-8-5-4-7-10(11)2/h4-5,7-8,12-13,15H,3,6,9,14H2,1-2H3. The molecule has 0 saturated heterocycles. The molecule has 0 amide bonds. The van der Waals surface area contributed by atoms with Gasteiger partial charge < -0.3 is 10.8 Å². The first-order chi connectivity index (χ1) is 7.20. The molecule has 2 atom stereocenters. The second kappa shape index (κ2) is 5.89. The molecule has 0 heterocycles. The molecule has 0 spiro atoms. The molecule has 1 aromatic rings. The van der Waals surface area contributed by atoms with E-state index < -0.39 is 0 Å². The van der Waals surface area contributed by atoms with Crippen molar-refractivity contribution in [2.75, 3.05) is 6.54 Å². The van der Waals surface area contributed by atoms with E-state index in [1.54, 1.807) is 0 Å². The molecule has 0 aliphatic heterocycles. The first kappa shape index (κ1) is 12.2. The lowest BCUT2D eigenvalue weighted by atomic mass is 9.88.